The van der Waals surface area contributed by atoms with Gasteiger partial charge < -0.3 is 28.4 Å². The summed E-state index contributed by atoms with van der Waals surface area (Å²) in [5.41, 5.74) is 1.72. The first-order chi connectivity index (χ1) is 22.9. The Morgan fingerprint density at radius 1 is 0.354 bits per heavy atom. The second-order valence-electron chi connectivity index (χ2n) is 10.3. The molecule has 0 aliphatic rings. The molecule has 0 atom stereocenters. The highest BCUT2D eigenvalue weighted by Gasteiger charge is 2.16. The first-order valence-corrected chi connectivity index (χ1v) is 14.5. The Kier molecular flexibility index (Phi) is 11.8. The summed E-state index contributed by atoms with van der Waals surface area (Å²) in [6.07, 6.45) is -0.440. The van der Waals surface area contributed by atoms with Gasteiger partial charge in [0, 0.05) is 39.0 Å². The molecule has 0 aromatic heterocycles. The summed E-state index contributed by atoms with van der Waals surface area (Å²) in [7, 11) is 0. The minimum Gasteiger partial charge on any atom is -0.427 e. The standard InChI is InChI=1S/C36H30O12/c1-22(37)43-28-10-4-25(5-11-28)16-34(40)46-31-19-32(47-35(41)17-26-6-12-29(13-7-26)44-23(2)38)21-33(20-31)48-36(42)18-27-8-14-30(15-9-27)45-24(3)39/h4-15,19-21H,16-18H2,1-3H3. The average Bonchev–Trinajstić information content (AvgIpc) is 2.99. The third-order valence-electron chi connectivity index (χ3n) is 6.15. The van der Waals surface area contributed by atoms with Crippen LogP contribution in [0.1, 0.15) is 37.5 Å². The van der Waals surface area contributed by atoms with Crippen molar-refractivity contribution in [2.24, 2.45) is 0 Å². The largest absolute Gasteiger partial charge is 0.427 e. The van der Waals surface area contributed by atoms with Gasteiger partial charge in [-0.1, -0.05) is 36.4 Å². The molecule has 0 aliphatic heterocycles. The molecule has 0 saturated heterocycles. The number of carbonyl (C=O) groups is 6. The fraction of sp³-hybridized carbons (Fsp3) is 0.167. The Labute approximate surface area is 275 Å². The summed E-state index contributed by atoms with van der Waals surface area (Å²) in [5.74, 6) is -2.65. The summed E-state index contributed by atoms with van der Waals surface area (Å²) in [5, 5.41) is 0. The molecule has 4 rings (SSSR count). The first-order valence-electron chi connectivity index (χ1n) is 14.5. The SMILES string of the molecule is CC(=O)Oc1ccc(CC(=O)Oc2cc(OC(=O)Cc3ccc(OC(C)=O)cc3)cc(OC(=O)Cc3ccc(OC(C)=O)cc3)c2)cc1. The van der Waals surface area contributed by atoms with Crippen molar-refractivity contribution in [1.29, 1.82) is 0 Å². The number of esters is 6. The Morgan fingerprint density at radius 2 is 0.583 bits per heavy atom. The highest BCUT2D eigenvalue weighted by Crippen LogP contribution is 2.29. The van der Waals surface area contributed by atoms with E-state index in [0.29, 0.717) is 33.9 Å². The van der Waals surface area contributed by atoms with Gasteiger partial charge in [0.05, 0.1) is 19.3 Å². The highest BCUT2D eigenvalue weighted by atomic mass is 16.6. The average molecular weight is 655 g/mol. The number of hydrogen-bond donors (Lipinski definition) is 0. The van der Waals surface area contributed by atoms with E-state index >= 15 is 0 Å². The summed E-state index contributed by atoms with van der Waals surface area (Å²) in [4.78, 5) is 71.8. The molecule has 246 valence electrons. The fourth-order valence-electron chi connectivity index (χ4n) is 4.25. The van der Waals surface area contributed by atoms with Gasteiger partial charge in [-0.3, -0.25) is 28.8 Å². The molecule has 4 aromatic carbocycles. The van der Waals surface area contributed by atoms with Crippen LogP contribution < -0.4 is 28.4 Å². The quantitative estimate of drug-likeness (QED) is 0.150. The number of hydrogen-bond acceptors (Lipinski definition) is 12. The van der Waals surface area contributed by atoms with Gasteiger partial charge in [-0.2, -0.15) is 0 Å². The van der Waals surface area contributed by atoms with Crippen molar-refractivity contribution in [3.05, 3.63) is 108 Å². The van der Waals surface area contributed by atoms with Crippen molar-refractivity contribution in [3.63, 3.8) is 0 Å². The van der Waals surface area contributed by atoms with Gasteiger partial charge in [0.25, 0.3) is 0 Å². The van der Waals surface area contributed by atoms with Crippen LogP contribution in [0.15, 0.2) is 91.0 Å². The lowest BCUT2D eigenvalue weighted by Gasteiger charge is -2.12. The molecule has 48 heavy (non-hydrogen) atoms. The molecule has 12 nitrogen and oxygen atoms in total. The van der Waals surface area contributed by atoms with Gasteiger partial charge in [0.15, 0.2) is 0 Å². The van der Waals surface area contributed by atoms with Crippen LogP contribution in [0.25, 0.3) is 0 Å². The molecule has 0 bridgehead atoms. The van der Waals surface area contributed by atoms with E-state index < -0.39 is 35.8 Å². The van der Waals surface area contributed by atoms with Gasteiger partial charge in [0.1, 0.15) is 34.5 Å². The van der Waals surface area contributed by atoms with E-state index in [1.54, 1.807) is 36.4 Å². The summed E-state index contributed by atoms with van der Waals surface area (Å²) in [6.45, 7) is 3.82. The molecule has 0 heterocycles. The third-order valence-corrected chi connectivity index (χ3v) is 6.15. The minimum atomic E-state index is -0.670. The van der Waals surface area contributed by atoms with Crippen LogP contribution in [0.3, 0.4) is 0 Å². The molecular formula is C36H30O12. The number of benzene rings is 4. The van der Waals surface area contributed by atoms with E-state index in [1.165, 1.54) is 75.4 Å². The number of rotatable bonds is 12. The minimum absolute atomic E-state index is 0.0545. The van der Waals surface area contributed by atoms with E-state index in [-0.39, 0.29) is 36.5 Å². The van der Waals surface area contributed by atoms with Gasteiger partial charge in [0.2, 0.25) is 0 Å². The predicted octanol–water partition coefficient (Wildman–Crippen LogP) is 4.91. The fourth-order valence-corrected chi connectivity index (χ4v) is 4.25. The lowest BCUT2D eigenvalue weighted by atomic mass is 10.1. The summed E-state index contributed by atoms with van der Waals surface area (Å²) < 4.78 is 31.5. The number of ether oxygens (including phenoxy) is 6. The van der Waals surface area contributed by atoms with Crippen LogP contribution in [0.5, 0.6) is 34.5 Å². The van der Waals surface area contributed by atoms with Gasteiger partial charge in [-0.25, -0.2) is 0 Å². The van der Waals surface area contributed by atoms with E-state index in [9.17, 15) is 28.8 Å². The predicted molar refractivity (Wildman–Crippen MR) is 168 cm³/mol. The molecule has 0 N–H and O–H groups in total. The van der Waals surface area contributed by atoms with Crippen molar-refractivity contribution >= 4 is 35.8 Å². The topological polar surface area (TPSA) is 158 Å². The molecule has 0 radical (unpaired) electrons. The zero-order chi connectivity index (χ0) is 34.6. The highest BCUT2D eigenvalue weighted by molar-refractivity contribution is 5.79. The van der Waals surface area contributed by atoms with Crippen molar-refractivity contribution in [3.8, 4) is 34.5 Å². The summed E-state index contributed by atoms with van der Waals surface area (Å²) in [6, 6.07) is 22.7. The van der Waals surface area contributed by atoms with Crippen molar-refractivity contribution in [2.75, 3.05) is 0 Å². The normalized spacial score (nSPS) is 10.3. The third kappa shape index (κ3) is 11.6. The Bertz CT molecular complexity index is 1580. The zero-order valence-electron chi connectivity index (χ0n) is 26.2. The second-order valence-corrected chi connectivity index (χ2v) is 10.3. The van der Waals surface area contributed by atoms with Crippen molar-refractivity contribution in [1.82, 2.24) is 0 Å². The van der Waals surface area contributed by atoms with Crippen LogP contribution in [0, 0.1) is 0 Å². The van der Waals surface area contributed by atoms with Crippen LogP contribution in [0.2, 0.25) is 0 Å². The maximum absolute atomic E-state index is 12.8. The molecule has 0 fully saturated rings. The molecule has 0 amide bonds. The molecule has 0 aliphatic carbocycles. The van der Waals surface area contributed by atoms with E-state index in [0.717, 1.165) is 0 Å². The van der Waals surface area contributed by atoms with Gasteiger partial charge in [-0.15, -0.1) is 0 Å². The lowest BCUT2D eigenvalue weighted by molar-refractivity contribution is -0.134. The molecule has 0 saturated carbocycles. The van der Waals surface area contributed by atoms with Crippen LogP contribution in [-0.2, 0) is 48.0 Å². The number of carbonyl (C=O) groups excluding carboxylic acids is 6. The van der Waals surface area contributed by atoms with Crippen LogP contribution in [-0.4, -0.2) is 35.8 Å². The Balaban J connectivity index is 1.47. The molecule has 4 aromatic rings. The van der Waals surface area contributed by atoms with Crippen LogP contribution in [0.4, 0.5) is 0 Å². The van der Waals surface area contributed by atoms with Crippen molar-refractivity contribution in [2.45, 2.75) is 40.0 Å². The van der Waals surface area contributed by atoms with E-state index in [1.807, 2.05) is 0 Å². The Hall–Kier alpha value is -6.30. The smallest absolute Gasteiger partial charge is 0.315 e. The molecular weight excluding hydrogens is 624 g/mol. The van der Waals surface area contributed by atoms with E-state index in [4.69, 9.17) is 28.4 Å². The maximum atomic E-state index is 12.8. The Morgan fingerprint density at radius 3 is 0.792 bits per heavy atom. The zero-order valence-corrected chi connectivity index (χ0v) is 26.2. The second kappa shape index (κ2) is 16.3. The lowest BCUT2D eigenvalue weighted by Crippen LogP contribution is -2.15. The van der Waals surface area contributed by atoms with Crippen molar-refractivity contribution < 1.29 is 57.2 Å². The van der Waals surface area contributed by atoms with E-state index in [2.05, 4.69) is 0 Å². The molecule has 0 spiro atoms. The molecule has 12 heteroatoms. The molecule has 0 unspecified atom stereocenters. The monoisotopic (exact) mass is 654 g/mol. The van der Waals surface area contributed by atoms with Gasteiger partial charge >= 0.3 is 35.8 Å². The first kappa shape index (κ1) is 34.6. The van der Waals surface area contributed by atoms with Gasteiger partial charge in [-0.05, 0) is 53.1 Å². The summed E-state index contributed by atoms with van der Waals surface area (Å²) >= 11 is 0. The van der Waals surface area contributed by atoms with Crippen LogP contribution >= 0.6 is 0 Å². The maximum Gasteiger partial charge on any atom is 0.315 e.